The molecule has 2 aromatic carbocycles. The maximum Gasteiger partial charge on any atom is 0.198 e. The first kappa shape index (κ1) is 12.8. The fourth-order valence-electron chi connectivity index (χ4n) is 1.48. The van der Waals surface area contributed by atoms with Crippen molar-refractivity contribution in [2.24, 2.45) is 0 Å². The maximum atomic E-state index is 13.6. The van der Waals surface area contributed by atoms with Crippen LogP contribution < -0.4 is 9.47 Å². The SMILES string of the molecule is COc1ccc(Oc2c(F)cc(C#N)cc2F)cc1. The lowest BCUT2D eigenvalue weighted by atomic mass is 10.2. The molecule has 0 amide bonds. The second-order valence-electron chi connectivity index (χ2n) is 3.66. The molecule has 0 aliphatic rings. The van der Waals surface area contributed by atoms with Gasteiger partial charge < -0.3 is 9.47 Å². The average Bonchev–Trinajstić information content (AvgIpc) is 2.43. The van der Waals surface area contributed by atoms with Crippen LogP contribution >= 0.6 is 0 Å². The van der Waals surface area contributed by atoms with E-state index in [-0.39, 0.29) is 11.3 Å². The van der Waals surface area contributed by atoms with Crippen molar-refractivity contribution < 1.29 is 18.3 Å². The lowest BCUT2D eigenvalue weighted by Gasteiger charge is -2.08. The van der Waals surface area contributed by atoms with E-state index in [1.807, 2.05) is 0 Å². The highest BCUT2D eigenvalue weighted by Crippen LogP contribution is 2.29. The quantitative estimate of drug-likeness (QED) is 0.847. The first-order chi connectivity index (χ1) is 9.13. The van der Waals surface area contributed by atoms with E-state index in [9.17, 15) is 8.78 Å². The predicted octanol–water partition coefficient (Wildman–Crippen LogP) is 3.64. The summed E-state index contributed by atoms with van der Waals surface area (Å²) >= 11 is 0. The van der Waals surface area contributed by atoms with Crippen LogP contribution in [0.3, 0.4) is 0 Å². The van der Waals surface area contributed by atoms with Crippen molar-refractivity contribution in [1.29, 1.82) is 5.26 Å². The number of rotatable bonds is 3. The van der Waals surface area contributed by atoms with Crippen molar-refractivity contribution in [3.8, 4) is 23.3 Å². The highest BCUT2D eigenvalue weighted by atomic mass is 19.1. The number of halogens is 2. The highest BCUT2D eigenvalue weighted by Gasteiger charge is 2.13. The summed E-state index contributed by atoms with van der Waals surface area (Å²) in [5.41, 5.74) is -0.0999. The van der Waals surface area contributed by atoms with Gasteiger partial charge in [-0.25, -0.2) is 8.78 Å². The number of methoxy groups -OCH3 is 1. The van der Waals surface area contributed by atoms with Crippen molar-refractivity contribution in [1.82, 2.24) is 0 Å². The Morgan fingerprint density at radius 1 is 1.00 bits per heavy atom. The summed E-state index contributed by atoms with van der Waals surface area (Å²) in [7, 11) is 1.51. The van der Waals surface area contributed by atoms with Gasteiger partial charge in [-0.1, -0.05) is 0 Å². The van der Waals surface area contributed by atoms with Gasteiger partial charge in [-0.2, -0.15) is 5.26 Å². The van der Waals surface area contributed by atoms with Crippen LogP contribution in [0.25, 0.3) is 0 Å². The second-order valence-corrected chi connectivity index (χ2v) is 3.66. The Labute approximate surface area is 108 Å². The summed E-state index contributed by atoms with van der Waals surface area (Å²) in [6.07, 6.45) is 0. The van der Waals surface area contributed by atoms with Crippen LogP contribution in [-0.4, -0.2) is 7.11 Å². The Bertz CT molecular complexity index is 610. The average molecular weight is 261 g/mol. The molecule has 0 spiro atoms. The first-order valence-corrected chi connectivity index (χ1v) is 5.35. The Morgan fingerprint density at radius 3 is 2.00 bits per heavy atom. The van der Waals surface area contributed by atoms with E-state index in [1.54, 1.807) is 18.2 Å². The van der Waals surface area contributed by atoms with Crippen LogP contribution in [-0.2, 0) is 0 Å². The van der Waals surface area contributed by atoms with Gasteiger partial charge in [-0.15, -0.1) is 0 Å². The van der Waals surface area contributed by atoms with E-state index in [4.69, 9.17) is 14.7 Å². The summed E-state index contributed by atoms with van der Waals surface area (Å²) in [5, 5.41) is 8.59. The van der Waals surface area contributed by atoms with Crippen molar-refractivity contribution >= 4 is 0 Å². The van der Waals surface area contributed by atoms with Crippen LogP contribution in [0.5, 0.6) is 17.2 Å². The fourth-order valence-corrected chi connectivity index (χ4v) is 1.48. The minimum Gasteiger partial charge on any atom is -0.497 e. The molecule has 0 heterocycles. The molecule has 2 rings (SSSR count). The molecular formula is C14H9F2NO2. The van der Waals surface area contributed by atoms with Gasteiger partial charge in [0.05, 0.1) is 18.7 Å². The third kappa shape index (κ3) is 2.80. The molecule has 19 heavy (non-hydrogen) atoms. The first-order valence-electron chi connectivity index (χ1n) is 5.35. The van der Waals surface area contributed by atoms with Crippen molar-refractivity contribution in [3.63, 3.8) is 0 Å². The zero-order valence-corrected chi connectivity index (χ0v) is 9.98. The molecule has 0 atom stereocenters. The van der Waals surface area contributed by atoms with Crippen molar-refractivity contribution in [2.75, 3.05) is 7.11 Å². The number of nitrogens with zero attached hydrogens (tertiary/aromatic N) is 1. The largest absolute Gasteiger partial charge is 0.497 e. The predicted molar refractivity (Wildman–Crippen MR) is 64.1 cm³/mol. The minimum atomic E-state index is -0.924. The summed E-state index contributed by atoms with van der Waals surface area (Å²) in [6, 6.07) is 9.76. The summed E-state index contributed by atoms with van der Waals surface area (Å²) in [6.45, 7) is 0. The number of hydrogen-bond donors (Lipinski definition) is 0. The van der Waals surface area contributed by atoms with Gasteiger partial charge in [0, 0.05) is 0 Å². The van der Waals surface area contributed by atoms with E-state index in [0.29, 0.717) is 5.75 Å². The van der Waals surface area contributed by atoms with Gasteiger partial charge in [-0.3, -0.25) is 0 Å². The van der Waals surface area contributed by atoms with Gasteiger partial charge in [0.15, 0.2) is 17.4 Å². The lowest BCUT2D eigenvalue weighted by Crippen LogP contribution is -1.94. The molecule has 0 fully saturated rings. The Kier molecular flexibility index (Phi) is 3.62. The molecule has 96 valence electrons. The zero-order chi connectivity index (χ0) is 13.8. The molecule has 0 saturated carbocycles. The van der Waals surface area contributed by atoms with E-state index in [1.165, 1.54) is 19.2 Å². The summed E-state index contributed by atoms with van der Waals surface area (Å²) in [4.78, 5) is 0. The number of nitriles is 1. The van der Waals surface area contributed by atoms with E-state index >= 15 is 0 Å². The second kappa shape index (κ2) is 5.36. The normalized spacial score (nSPS) is 9.79. The van der Waals surface area contributed by atoms with Gasteiger partial charge in [0.1, 0.15) is 11.5 Å². The van der Waals surface area contributed by atoms with Crippen LogP contribution in [0.4, 0.5) is 8.78 Å². The molecule has 2 aromatic rings. The van der Waals surface area contributed by atoms with Crippen molar-refractivity contribution in [3.05, 3.63) is 53.6 Å². The van der Waals surface area contributed by atoms with Gasteiger partial charge in [0.2, 0.25) is 0 Å². The standard InChI is InChI=1S/C14H9F2NO2/c1-18-10-2-4-11(5-3-10)19-14-12(15)6-9(8-17)7-13(14)16/h2-7H,1H3. The molecular weight excluding hydrogens is 252 g/mol. The smallest absolute Gasteiger partial charge is 0.198 e. The van der Waals surface area contributed by atoms with Crippen molar-refractivity contribution in [2.45, 2.75) is 0 Å². The molecule has 0 aromatic heterocycles. The van der Waals surface area contributed by atoms with E-state index < -0.39 is 17.4 Å². The fraction of sp³-hybridized carbons (Fsp3) is 0.0714. The Morgan fingerprint density at radius 2 is 1.53 bits per heavy atom. The van der Waals surface area contributed by atoms with Crippen LogP contribution in [0.2, 0.25) is 0 Å². The molecule has 0 bridgehead atoms. The van der Waals surface area contributed by atoms with Gasteiger partial charge in [-0.05, 0) is 36.4 Å². The number of hydrogen-bond acceptors (Lipinski definition) is 3. The van der Waals surface area contributed by atoms with Gasteiger partial charge >= 0.3 is 0 Å². The minimum absolute atomic E-state index is 0.0999. The van der Waals surface area contributed by atoms with Gasteiger partial charge in [0.25, 0.3) is 0 Å². The molecule has 0 saturated heterocycles. The van der Waals surface area contributed by atoms with Crippen LogP contribution in [0, 0.1) is 23.0 Å². The summed E-state index contributed by atoms with van der Waals surface area (Å²) < 4.78 is 37.3. The summed E-state index contributed by atoms with van der Waals surface area (Å²) in [5.74, 6) is -1.51. The topological polar surface area (TPSA) is 42.2 Å². The number of ether oxygens (including phenoxy) is 2. The Hall–Kier alpha value is -2.61. The van der Waals surface area contributed by atoms with E-state index in [2.05, 4.69) is 0 Å². The zero-order valence-electron chi connectivity index (χ0n) is 9.98. The molecule has 0 N–H and O–H groups in total. The molecule has 0 unspecified atom stereocenters. The third-order valence-corrected chi connectivity index (χ3v) is 2.41. The maximum absolute atomic E-state index is 13.6. The van der Waals surface area contributed by atoms with Crippen LogP contribution in [0.1, 0.15) is 5.56 Å². The van der Waals surface area contributed by atoms with Crippen LogP contribution in [0.15, 0.2) is 36.4 Å². The highest BCUT2D eigenvalue weighted by molar-refractivity contribution is 5.41. The molecule has 5 heteroatoms. The monoisotopic (exact) mass is 261 g/mol. The Balaban J connectivity index is 2.30. The third-order valence-electron chi connectivity index (χ3n) is 2.41. The molecule has 0 aliphatic carbocycles. The van der Waals surface area contributed by atoms with E-state index in [0.717, 1.165) is 12.1 Å². The molecule has 3 nitrogen and oxygen atoms in total. The number of benzene rings is 2. The lowest BCUT2D eigenvalue weighted by molar-refractivity contribution is 0.400. The molecule has 0 radical (unpaired) electrons. The molecule has 0 aliphatic heterocycles.